The van der Waals surface area contributed by atoms with Gasteiger partial charge in [-0.15, -0.1) is 0 Å². The van der Waals surface area contributed by atoms with E-state index >= 15 is 0 Å². The highest BCUT2D eigenvalue weighted by Gasteiger charge is 2.56. The summed E-state index contributed by atoms with van der Waals surface area (Å²) in [5.74, 6) is -8.06. The lowest BCUT2D eigenvalue weighted by molar-refractivity contribution is -0.302. The summed E-state index contributed by atoms with van der Waals surface area (Å²) in [7, 11) is 4.52. The Morgan fingerprint density at radius 1 is 0.937 bits per heavy atom. The van der Waals surface area contributed by atoms with Crippen LogP contribution in [0.5, 0.6) is 0 Å². The number of aliphatic hydroxyl groups excluding tert-OH is 1. The van der Waals surface area contributed by atoms with E-state index in [0.29, 0.717) is 56.9 Å². The van der Waals surface area contributed by atoms with Gasteiger partial charge in [0.25, 0.3) is 11.7 Å². The normalized spacial score (nSPS) is 38.0. The number of primary amides is 1. The van der Waals surface area contributed by atoms with E-state index in [4.69, 9.17) is 34.2 Å². The van der Waals surface area contributed by atoms with Crippen LogP contribution in [0.4, 0.5) is 9.59 Å². The SMILES string of the molecule is CCC1/C=C(\C)C[C@H](C)CC(OC)[C@H]2O[C@@](O)(C(=O)C(=O)N3CCCC[C@H]3C(=O)O[C@H](C(C)=C[C@@H]3CC[C@H](OC(=O)NNC(N)=O)[C@H](OC)C3)[C@H](C)C(O)CC1=O)[C@H](C)C[C@@H]2OC. The summed E-state index contributed by atoms with van der Waals surface area (Å²) >= 11 is 0. The van der Waals surface area contributed by atoms with Gasteiger partial charge in [0, 0.05) is 52.0 Å². The summed E-state index contributed by atoms with van der Waals surface area (Å²) in [5, 5.41) is 23.8. The van der Waals surface area contributed by atoms with E-state index in [1.165, 1.54) is 21.3 Å². The molecule has 1 saturated carbocycles. The van der Waals surface area contributed by atoms with Crippen LogP contribution < -0.4 is 16.6 Å². The number of urea groups is 1. The standard InChI is InChI=1S/C45H72N4O14/c1-10-30-18-24(2)17-25(3)19-36(59-8)39-37(60-9)21-27(5)45(57,63-39)40(52)41(53)49-16-12-11-13-31(49)42(54)62-38(28(6)32(50)23-33(30)51)26(4)20-29-14-15-34(35(22-29)58-7)61-44(56)48-47-43(46)55/h18,20,25,27-32,34-39,50,57H,10-17,19,21-23H2,1-9H3,(H,48,56)(H3,46,47,55)/b24-18+,26-20?/t25-,27+,28+,29-,30?,31-,32?,34-,35+,36?,37-,38+,39+,45+/m0/s1. The van der Waals surface area contributed by atoms with Gasteiger partial charge in [-0.05, 0) is 95.5 Å². The first-order valence-corrected chi connectivity index (χ1v) is 22.4. The molecular formula is C45H72N4O14. The van der Waals surface area contributed by atoms with Gasteiger partial charge >= 0.3 is 18.1 Å². The minimum Gasteiger partial charge on any atom is -0.456 e. The Labute approximate surface area is 371 Å². The Hall–Kier alpha value is -3.94. The highest BCUT2D eigenvalue weighted by Crippen LogP contribution is 2.39. The molecule has 18 nitrogen and oxygen atoms in total. The number of ketones is 2. The zero-order valence-corrected chi connectivity index (χ0v) is 38.5. The van der Waals surface area contributed by atoms with Crippen molar-refractivity contribution in [3.8, 4) is 0 Å². The average Bonchev–Trinajstić information content (AvgIpc) is 3.25. The molecule has 356 valence electrons. The molecule has 14 atom stereocenters. The Morgan fingerprint density at radius 2 is 1.60 bits per heavy atom. The number of allylic oxidation sites excluding steroid dienone is 3. The van der Waals surface area contributed by atoms with Crippen molar-refractivity contribution in [2.24, 2.45) is 35.3 Å². The first-order chi connectivity index (χ1) is 29.8. The molecule has 0 spiro atoms. The molecule has 0 aromatic rings. The number of piperidine rings is 1. The number of nitrogens with zero attached hydrogens (tertiary/aromatic N) is 1. The number of carbonyl (C=O) groups excluding carboxylic acids is 6. The Kier molecular flexibility index (Phi) is 19.1. The maximum atomic E-state index is 14.4. The van der Waals surface area contributed by atoms with Crippen molar-refractivity contribution in [2.75, 3.05) is 27.9 Å². The van der Waals surface area contributed by atoms with E-state index in [1.54, 1.807) is 20.8 Å². The van der Waals surface area contributed by atoms with Crippen molar-refractivity contribution >= 4 is 35.6 Å². The van der Waals surface area contributed by atoms with E-state index in [2.05, 4.69) is 5.43 Å². The zero-order valence-electron chi connectivity index (χ0n) is 38.5. The molecule has 4 aliphatic rings. The predicted octanol–water partition coefficient (Wildman–Crippen LogP) is 3.79. The number of ether oxygens (including phenoxy) is 6. The molecule has 3 fully saturated rings. The van der Waals surface area contributed by atoms with Crippen molar-refractivity contribution in [2.45, 2.75) is 167 Å². The lowest BCUT2D eigenvalue weighted by Gasteiger charge is -2.47. The van der Waals surface area contributed by atoms with Gasteiger partial charge in [0.15, 0.2) is 0 Å². The van der Waals surface area contributed by atoms with E-state index in [1.807, 2.05) is 38.3 Å². The number of cyclic esters (lactones) is 1. The second-order valence-electron chi connectivity index (χ2n) is 18.1. The Morgan fingerprint density at radius 3 is 2.24 bits per heavy atom. The van der Waals surface area contributed by atoms with Crippen LogP contribution in [-0.2, 0) is 47.6 Å². The summed E-state index contributed by atoms with van der Waals surface area (Å²) in [5.41, 5.74) is 10.6. The molecule has 3 heterocycles. The molecule has 0 radical (unpaired) electrons. The van der Waals surface area contributed by atoms with Crippen LogP contribution in [0.2, 0.25) is 0 Å². The third-order valence-corrected chi connectivity index (χ3v) is 13.4. The average molecular weight is 893 g/mol. The fourth-order valence-electron chi connectivity index (χ4n) is 9.79. The van der Waals surface area contributed by atoms with Crippen molar-refractivity contribution in [1.82, 2.24) is 15.8 Å². The van der Waals surface area contributed by atoms with Crippen LogP contribution in [0.15, 0.2) is 23.3 Å². The number of nitrogens with two attached hydrogens (primary N) is 1. The summed E-state index contributed by atoms with van der Waals surface area (Å²) in [6, 6.07) is -2.16. The molecule has 3 aliphatic heterocycles. The molecule has 6 N–H and O–H groups in total. The van der Waals surface area contributed by atoms with Gasteiger partial charge in [0.05, 0.1) is 24.4 Å². The first-order valence-electron chi connectivity index (χ1n) is 22.4. The van der Waals surface area contributed by atoms with E-state index in [9.17, 15) is 39.0 Å². The Balaban J connectivity index is 1.71. The third kappa shape index (κ3) is 13.1. The lowest BCUT2D eigenvalue weighted by atomic mass is 9.81. The number of esters is 1. The van der Waals surface area contributed by atoms with Crippen molar-refractivity contribution in [1.29, 1.82) is 0 Å². The quantitative estimate of drug-likeness (QED) is 0.106. The Bertz CT molecular complexity index is 1690. The van der Waals surface area contributed by atoms with E-state index in [0.717, 1.165) is 10.5 Å². The van der Waals surface area contributed by atoms with Gasteiger partial charge in [0.1, 0.15) is 30.1 Å². The molecule has 0 aromatic heterocycles. The van der Waals surface area contributed by atoms with Gasteiger partial charge in [-0.3, -0.25) is 14.4 Å². The number of hydrazine groups is 1. The van der Waals surface area contributed by atoms with Gasteiger partial charge < -0.3 is 49.3 Å². The summed E-state index contributed by atoms with van der Waals surface area (Å²) in [4.78, 5) is 81.3. The molecule has 1 aliphatic carbocycles. The highest BCUT2D eigenvalue weighted by atomic mass is 16.7. The predicted molar refractivity (Wildman–Crippen MR) is 228 cm³/mol. The molecule has 4 rings (SSSR count). The molecule has 2 saturated heterocycles. The van der Waals surface area contributed by atoms with Crippen molar-refractivity contribution in [3.05, 3.63) is 23.3 Å². The van der Waals surface area contributed by atoms with Crippen LogP contribution in [0.1, 0.15) is 112 Å². The van der Waals surface area contributed by atoms with Gasteiger partial charge in [-0.25, -0.2) is 25.2 Å². The van der Waals surface area contributed by atoms with Crippen molar-refractivity contribution in [3.63, 3.8) is 0 Å². The fourth-order valence-corrected chi connectivity index (χ4v) is 9.79. The number of hydrogen-bond donors (Lipinski definition) is 5. The van der Waals surface area contributed by atoms with Crippen molar-refractivity contribution < 1.29 is 67.4 Å². The maximum absolute atomic E-state index is 14.4. The summed E-state index contributed by atoms with van der Waals surface area (Å²) in [6.07, 6.45) is 1.44. The largest absolute Gasteiger partial charge is 0.456 e. The molecule has 2 bridgehead atoms. The highest BCUT2D eigenvalue weighted by molar-refractivity contribution is 6.39. The molecule has 18 heteroatoms. The second-order valence-corrected chi connectivity index (χ2v) is 18.1. The first kappa shape index (κ1) is 51.7. The van der Waals surface area contributed by atoms with E-state index in [-0.39, 0.29) is 43.4 Å². The van der Waals surface area contributed by atoms with Crippen LogP contribution >= 0.6 is 0 Å². The monoisotopic (exact) mass is 893 g/mol. The molecule has 63 heavy (non-hydrogen) atoms. The zero-order chi connectivity index (χ0) is 46.8. The molecule has 3 unspecified atom stereocenters. The molecule has 4 amide bonds. The van der Waals surface area contributed by atoms with Crippen LogP contribution in [0, 0.1) is 29.6 Å². The number of hydrogen-bond acceptors (Lipinski definition) is 14. The summed E-state index contributed by atoms with van der Waals surface area (Å²) < 4.78 is 35.4. The van der Waals surface area contributed by atoms with Gasteiger partial charge in [-0.2, -0.15) is 0 Å². The maximum Gasteiger partial charge on any atom is 0.426 e. The molecule has 0 aromatic carbocycles. The lowest BCUT2D eigenvalue weighted by Crippen LogP contribution is -2.64. The number of fused-ring (bicyclic) bond motifs is 3. The number of rotatable bonds is 7. The summed E-state index contributed by atoms with van der Waals surface area (Å²) in [6.45, 7) is 11.0. The number of Topliss-reactive ketones (excluding diaryl/α,β-unsaturated/α-hetero) is 2. The fraction of sp³-hybridized carbons (Fsp3) is 0.778. The number of nitrogens with one attached hydrogen (secondary N) is 2. The smallest absolute Gasteiger partial charge is 0.426 e. The second kappa shape index (κ2) is 23.3. The van der Waals surface area contributed by atoms with Gasteiger partial charge in [0.2, 0.25) is 5.79 Å². The number of aliphatic hydroxyl groups is 2. The van der Waals surface area contributed by atoms with Crippen LogP contribution in [0.25, 0.3) is 0 Å². The van der Waals surface area contributed by atoms with Crippen LogP contribution in [0.3, 0.4) is 0 Å². The number of carbonyl (C=O) groups is 6. The minimum absolute atomic E-state index is 0.00373. The minimum atomic E-state index is -2.54. The van der Waals surface area contributed by atoms with Gasteiger partial charge in [-0.1, -0.05) is 45.4 Å². The number of methoxy groups -OCH3 is 3. The topological polar surface area (TPSA) is 252 Å². The third-order valence-electron chi connectivity index (χ3n) is 13.4. The molecular weight excluding hydrogens is 821 g/mol. The number of amides is 4. The van der Waals surface area contributed by atoms with E-state index < -0.39 is 102 Å². The van der Waals surface area contributed by atoms with Crippen LogP contribution in [-0.4, -0.2) is 133 Å².